The number of benzene rings is 2. The van der Waals surface area contributed by atoms with Crippen LogP contribution in [-0.2, 0) is 9.59 Å². The molecule has 36 heavy (non-hydrogen) atoms. The highest BCUT2D eigenvalue weighted by Gasteiger charge is 2.40. The predicted octanol–water partition coefficient (Wildman–Crippen LogP) is 4.54. The van der Waals surface area contributed by atoms with Gasteiger partial charge in [0.2, 0.25) is 5.91 Å². The highest BCUT2D eigenvalue weighted by Crippen LogP contribution is 2.37. The van der Waals surface area contributed by atoms with Gasteiger partial charge in [-0.2, -0.15) is 0 Å². The van der Waals surface area contributed by atoms with Crippen LogP contribution in [0.3, 0.4) is 0 Å². The van der Waals surface area contributed by atoms with Crippen molar-refractivity contribution in [1.82, 2.24) is 15.0 Å². The van der Waals surface area contributed by atoms with E-state index >= 15 is 0 Å². The molecule has 4 heterocycles. The molecule has 0 bridgehead atoms. The summed E-state index contributed by atoms with van der Waals surface area (Å²) in [6.07, 6.45) is 2.22. The lowest BCUT2D eigenvalue weighted by Crippen LogP contribution is -2.36. The monoisotopic (exact) mass is 481 g/mol. The van der Waals surface area contributed by atoms with E-state index in [-0.39, 0.29) is 18.2 Å². The fraction of sp³-hybridized carbons (Fsp3) is 0.222. The second kappa shape index (κ2) is 8.60. The SMILES string of the molecule is Cc1nc(N2C[C@@H](CC(=O)Nc3ccc4cccnc4c3)C[C@H]2C(=O)O)c2oc3ccccc3c2n1. The number of furan rings is 1. The number of hydrogen-bond acceptors (Lipinski definition) is 7. The molecule has 1 fully saturated rings. The van der Waals surface area contributed by atoms with E-state index in [4.69, 9.17) is 4.42 Å². The van der Waals surface area contributed by atoms with Crippen LogP contribution in [0.25, 0.3) is 33.0 Å². The molecule has 2 atom stereocenters. The van der Waals surface area contributed by atoms with E-state index in [1.165, 1.54) is 0 Å². The van der Waals surface area contributed by atoms with Crippen molar-refractivity contribution in [3.05, 3.63) is 66.6 Å². The van der Waals surface area contributed by atoms with Crippen LogP contribution in [-0.4, -0.2) is 44.5 Å². The summed E-state index contributed by atoms with van der Waals surface area (Å²) >= 11 is 0. The number of aliphatic carboxylic acids is 1. The average molecular weight is 482 g/mol. The minimum absolute atomic E-state index is 0.167. The van der Waals surface area contributed by atoms with E-state index in [9.17, 15) is 14.7 Å². The number of aromatic nitrogens is 3. The molecule has 2 N–H and O–H groups in total. The van der Waals surface area contributed by atoms with E-state index in [0.29, 0.717) is 47.0 Å². The summed E-state index contributed by atoms with van der Waals surface area (Å²) in [6, 6.07) is 16.1. The summed E-state index contributed by atoms with van der Waals surface area (Å²) in [7, 11) is 0. The summed E-state index contributed by atoms with van der Waals surface area (Å²) in [4.78, 5) is 40.3. The maximum atomic E-state index is 12.9. The molecular weight excluding hydrogens is 458 g/mol. The fourth-order valence-corrected chi connectivity index (χ4v) is 5.04. The zero-order valence-electron chi connectivity index (χ0n) is 19.5. The van der Waals surface area contributed by atoms with Gasteiger partial charge in [0.05, 0.1) is 5.52 Å². The minimum Gasteiger partial charge on any atom is -0.480 e. The Labute approximate surface area is 205 Å². The van der Waals surface area contributed by atoms with Crippen LogP contribution in [0.4, 0.5) is 11.5 Å². The third-order valence-electron chi connectivity index (χ3n) is 6.62. The van der Waals surface area contributed by atoms with Crippen molar-refractivity contribution >= 4 is 56.4 Å². The molecule has 1 aliphatic heterocycles. The van der Waals surface area contributed by atoms with Gasteiger partial charge in [-0.25, -0.2) is 14.8 Å². The summed E-state index contributed by atoms with van der Waals surface area (Å²) in [5, 5.41) is 14.8. The Morgan fingerprint density at radius 1 is 1.14 bits per heavy atom. The Morgan fingerprint density at radius 2 is 2.00 bits per heavy atom. The summed E-state index contributed by atoms with van der Waals surface area (Å²) in [5.74, 6) is -0.323. The Balaban J connectivity index is 1.26. The highest BCUT2D eigenvalue weighted by molar-refractivity contribution is 6.06. The van der Waals surface area contributed by atoms with Crippen molar-refractivity contribution in [2.75, 3.05) is 16.8 Å². The number of anilines is 2. The lowest BCUT2D eigenvalue weighted by Gasteiger charge is -2.22. The zero-order chi connectivity index (χ0) is 24.8. The van der Waals surface area contributed by atoms with Gasteiger partial charge in [0.25, 0.3) is 0 Å². The second-order valence-corrected chi connectivity index (χ2v) is 9.14. The first kappa shape index (κ1) is 22.0. The Bertz CT molecular complexity index is 1650. The number of carboxylic acids is 1. The van der Waals surface area contributed by atoms with Gasteiger partial charge in [-0.05, 0) is 49.6 Å². The standard InChI is InChI=1S/C27H23N5O4/c1-15-29-24-19-6-2-3-7-22(19)36-25(24)26(30-15)32-14-16(11-21(32)27(34)35)12-23(33)31-18-9-8-17-5-4-10-28-20(17)13-18/h2-10,13,16,21H,11-12,14H2,1H3,(H,31,33)(H,34,35)/t16-,21+/m1/s1. The van der Waals surface area contributed by atoms with Crippen molar-refractivity contribution in [2.24, 2.45) is 5.92 Å². The third-order valence-corrected chi connectivity index (χ3v) is 6.62. The number of amides is 1. The zero-order valence-corrected chi connectivity index (χ0v) is 19.5. The van der Waals surface area contributed by atoms with Crippen molar-refractivity contribution in [3.63, 3.8) is 0 Å². The number of pyridine rings is 1. The molecule has 180 valence electrons. The molecule has 1 saturated heterocycles. The molecule has 1 aliphatic rings. The van der Waals surface area contributed by atoms with Crippen molar-refractivity contribution in [2.45, 2.75) is 25.8 Å². The number of nitrogens with one attached hydrogen (secondary N) is 1. The highest BCUT2D eigenvalue weighted by atomic mass is 16.4. The lowest BCUT2D eigenvalue weighted by atomic mass is 10.0. The van der Waals surface area contributed by atoms with E-state index in [2.05, 4.69) is 20.3 Å². The number of hydrogen-bond donors (Lipinski definition) is 2. The molecule has 6 rings (SSSR count). The fourth-order valence-electron chi connectivity index (χ4n) is 5.04. The van der Waals surface area contributed by atoms with Crippen LogP contribution >= 0.6 is 0 Å². The van der Waals surface area contributed by atoms with Crippen LogP contribution < -0.4 is 10.2 Å². The van der Waals surface area contributed by atoms with Gasteiger partial charge in [0.1, 0.15) is 23.0 Å². The molecule has 2 aromatic carbocycles. The van der Waals surface area contributed by atoms with Crippen LogP contribution in [0.5, 0.6) is 0 Å². The molecule has 0 saturated carbocycles. The molecule has 5 aromatic rings. The first-order valence-electron chi connectivity index (χ1n) is 11.8. The van der Waals surface area contributed by atoms with Gasteiger partial charge in [0.15, 0.2) is 11.4 Å². The van der Waals surface area contributed by atoms with Gasteiger partial charge in [-0.3, -0.25) is 9.78 Å². The van der Waals surface area contributed by atoms with Gasteiger partial charge in [0, 0.05) is 35.6 Å². The van der Waals surface area contributed by atoms with Crippen molar-refractivity contribution in [3.8, 4) is 0 Å². The van der Waals surface area contributed by atoms with Crippen molar-refractivity contribution < 1.29 is 19.1 Å². The maximum Gasteiger partial charge on any atom is 0.326 e. The van der Waals surface area contributed by atoms with E-state index in [1.54, 1.807) is 18.0 Å². The number of rotatable bonds is 5. The number of nitrogens with zero attached hydrogens (tertiary/aromatic N) is 4. The van der Waals surface area contributed by atoms with E-state index in [0.717, 1.165) is 16.3 Å². The number of carbonyl (C=O) groups excluding carboxylic acids is 1. The second-order valence-electron chi connectivity index (χ2n) is 9.14. The van der Waals surface area contributed by atoms with E-state index in [1.807, 2.05) is 54.6 Å². The Morgan fingerprint density at radius 3 is 2.86 bits per heavy atom. The van der Waals surface area contributed by atoms with Crippen LogP contribution in [0.1, 0.15) is 18.7 Å². The first-order valence-corrected chi connectivity index (χ1v) is 11.8. The Kier molecular flexibility index (Phi) is 5.25. The molecule has 0 spiro atoms. The van der Waals surface area contributed by atoms with Gasteiger partial charge < -0.3 is 19.7 Å². The number of aryl methyl sites for hydroxylation is 1. The number of para-hydroxylation sites is 1. The minimum atomic E-state index is -0.959. The molecule has 9 nitrogen and oxygen atoms in total. The third kappa shape index (κ3) is 3.88. The molecular formula is C27H23N5O4. The van der Waals surface area contributed by atoms with E-state index < -0.39 is 12.0 Å². The Hall–Kier alpha value is -4.53. The smallest absolute Gasteiger partial charge is 0.326 e. The number of fused-ring (bicyclic) bond motifs is 4. The number of carbonyl (C=O) groups is 2. The summed E-state index contributed by atoms with van der Waals surface area (Å²) in [5.41, 5.74) is 3.24. The van der Waals surface area contributed by atoms with Crippen LogP contribution in [0, 0.1) is 12.8 Å². The maximum absolute atomic E-state index is 12.9. The normalized spacial score (nSPS) is 17.8. The van der Waals surface area contributed by atoms with Crippen LogP contribution in [0.2, 0.25) is 0 Å². The predicted molar refractivity (Wildman–Crippen MR) is 136 cm³/mol. The molecule has 0 unspecified atom stereocenters. The van der Waals surface area contributed by atoms with Gasteiger partial charge in [-0.15, -0.1) is 0 Å². The number of carboxylic acid groups (broad SMARTS) is 1. The molecule has 1 amide bonds. The average Bonchev–Trinajstić information content (AvgIpc) is 3.45. The molecule has 3 aromatic heterocycles. The van der Waals surface area contributed by atoms with Crippen LogP contribution in [0.15, 0.2) is 65.2 Å². The lowest BCUT2D eigenvalue weighted by molar-refractivity contribution is -0.138. The molecule has 0 radical (unpaired) electrons. The summed E-state index contributed by atoms with van der Waals surface area (Å²) in [6.45, 7) is 2.15. The van der Waals surface area contributed by atoms with Gasteiger partial charge >= 0.3 is 5.97 Å². The van der Waals surface area contributed by atoms with Gasteiger partial charge in [-0.1, -0.05) is 24.3 Å². The molecule has 9 heteroatoms. The topological polar surface area (TPSA) is 121 Å². The largest absolute Gasteiger partial charge is 0.480 e. The molecule has 0 aliphatic carbocycles. The first-order chi connectivity index (χ1) is 17.5. The van der Waals surface area contributed by atoms with Crippen molar-refractivity contribution in [1.29, 1.82) is 0 Å². The quantitative estimate of drug-likeness (QED) is 0.375. The summed E-state index contributed by atoms with van der Waals surface area (Å²) < 4.78 is 6.06.